The molecule has 0 aliphatic carbocycles. The number of hydrogen-bond acceptors (Lipinski definition) is 0. The Bertz CT molecular complexity index is 530. The van der Waals surface area contributed by atoms with Crippen molar-refractivity contribution >= 4 is 40.3 Å². The second kappa shape index (κ2) is 7.47. The summed E-state index contributed by atoms with van der Waals surface area (Å²) in [7, 11) is 0. The Morgan fingerprint density at radius 3 is 2.11 bits per heavy atom. The van der Waals surface area contributed by atoms with Crippen molar-refractivity contribution in [3.63, 3.8) is 0 Å². The Morgan fingerprint density at radius 1 is 0.842 bits per heavy atom. The molecule has 0 heterocycles. The summed E-state index contributed by atoms with van der Waals surface area (Å²) in [4.78, 5) is 0. The van der Waals surface area contributed by atoms with E-state index in [0.717, 1.165) is 0 Å². The molecule has 0 saturated heterocycles. The molecular weight excluding hydrogens is 239 g/mol. The maximum absolute atomic E-state index is 2.35. The molecule has 0 aliphatic rings. The van der Waals surface area contributed by atoms with E-state index in [4.69, 9.17) is 0 Å². The number of hydrogen-bond donors (Lipinski definition) is 0. The Balaban J connectivity index is 0.00000180. The zero-order valence-electron chi connectivity index (χ0n) is 12.0. The number of fused-ring (bicyclic) bond motifs is 1. The van der Waals surface area contributed by atoms with Crippen molar-refractivity contribution in [1.29, 1.82) is 0 Å². The van der Waals surface area contributed by atoms with Gasteiger partial charge in [0.25, 0.3) is 0 Å². The van der Waals surface area contributed by atoms with Crippen LogP contribution in [0.15, 0.2) is 36.4 Å². The van der Waals surface area contributed by atoms with Crippen LogP contribution < -0.4 is 0 Å². The van der Waals surface area contributed by atoms with Crippen molar-refractivity contribution in [2.24, 2.45) is 0 Å². The van der Waals surface area contributed by atoms with Gasteiger partial charge in [-0.05, 0) is 46.6 Å². The minimum atomic E-state index is 0. The Hall–Kier alpha value is -0.300. The number of benzene rings is 2. The molecular formula is C18H25Na. The first kappa shape index (κ1) is 16.8. The molecule has 0 radical (unpaired) electrons. The van der Waals surface area contributed by atoms with Crippen LogP contribution in [0.5, 0.6) is 0 Å². The third-order valence-electron chi connectivity index (χ3n) is 4.25. The molecule has 98 valence electrons. The molecule has 0 N–H and O–H groups in total. The predicted molar refractivity (Wildman–Crippen MR) is 88.5 cm³/mol. The normalized spacial score (nSPS) is 13.9. The van der Waals surface area contributed by atoms with Crippen molar-refractivity contribution in [2.45, 2.75) is 52.4 Å². The zero-order chi connectivity index (χ0) is 13.1. The minimum absolute atomic E-state index is 0. The molecule has 0 aromatic heterocycles. The molecule has 0 spiro atoms. The summed E-state index contributed by atoms with van der Waals surface area (Å²) in [5.74, 6) is 1.29. The molecule has 1 heteroatoms. The van der Waals surface area contributed by atoms with Crippen LogP contribution in [-0.4, -0.2) is 29.6 Å². The average molecular weight is 264 g/mol. The van der Waals surface area contributed by atoms with Gasteiger partial charge < -0.3 is 0 Å². The summed E-state index contributed by atoms with van der Waals surface area (Å²) in [6.07, 6.45) is 2.42. The van der Waals surface area contributed by atoms with Crippen LogP contribution in [0.2, 0.25) is 0 Å². The van der Waals surface area contributed by atoms with Gasteiger partial charge >= 0.3 is 29.6 Å². The first-order valence-electron chi connectivity index (χ1n) is 7.20. The molecule has 2 aromatic rings. The van der Waals surface area contributed by atoms with Gasteiger partial charge in [-0.15, -0.1) is 0 Å². The SMILES string of the molecule is CCC(C)c1ccc2ccccc2c1C(C)CC.[NaH]. The molecule has 0 bridgehead atoms. The van der Waals surface area contributed by atoms with Crippen molar-refractivity contribution in [1.82, 2.24) is 0 Å². The van der Waals surface area contributed by atoms with Crippen LogP contribution in [0.25, 0.3) is 10.8 Å². The van der Waals surface area contributed by atoms with E-state index in [1.807, 2.05) is 0 Å². The standard InChI is InChI=1S/C18H24.Na.H/c1-5-13(3)16-12-11-15-9-7-8-10-17(15)18(16)14(4)6-2;;/h7-14H,5-6H2,1-4H3;;. The van der Waals surface area contributed by atoms with E-state index in [9.17, 15) is 0 Å². The van der Waals surface area contributed by atoms with E-state index in [0.29, 0.717) is 11.8 Å². The van der Waals surface area contributed by atoms with Gasteiger partial charge in [-0.25, -0.2) is 0 Å². The monoisotopic (exact) mass is 264 g/mol. The molecule has 2 rings (SSSR count). The number of rotatable bonds is 4. The van der Waals surface area contributed by atoms with Crippen LogP contribution in [-0.2, 0) is 0 Å². The van der Waals surface area contributed by atoms with Gasteiger partial charge in [0.1, 0.15) is 0 Å². The summed E-state index contributed by atoms with van der Waals surface area (Å²) in [5.41, 5.74) is 3.12. The van der Waals surface area contributed by atoms with E-state index in [1.165, 1.54) is 23.6 Å². The molecule has 19 heavy (non-hydrogen) atoms. The Morgan fingerprint density at radius 2 is 1.47 bits per heavy atom. The fraction of sp³-hybridized carbons (Fsp3) is 0.444. The molecule has 2 atom stereocenters. The summed E-state index contributed by atoms with van der Waals surface area (Å²) in [6, 6.07) is 13.4. The second-order valence-electron chi connectivity index (χ2n) is 5.41. The molecule has 0 fully saturated rings. The van der Waals surface area contributed by atoms with Crippen LogP contribution in [0, 0.1) is 0 Å². The van der Waals surface area contributed by atoms with Gasteiger partial charge in [0.2, 0.25) is 0 Å². The van der Waals surface area contributed by atoms with Crippen molar-refractivity contribution in [2.75, 3.05) is 0 Å². The zero-order valence-corrected chi connectivity index (χ0v) is 12.0. The van der Waals surface area contributed by atoms with Gasteiger partial charge in [0.15, 0.2) is 0 Å². The van der Waals surface area contributed by atoms with Gasteiger partial charge in [-0.3, -0.25) is 0 Å². The van der Waals surface area contributed by atoms with Crippen molar-refractivity contribution in [3.8, 4) is 0 Å². The van der Waals surface area contributed by atoms with E-state index >= 15 is 0 Å². The van der Waals surface area contributed by atoms with E-state index < -0.39 is 0 Å². The first-order valence-corrected chi connectivity index (χ1v) is 7.20. The second-order valence-corrected chi connectivity index (χ2v) is 5.41. The maximum atomic E-state index is 2.35. The molecule has 0 nitrogen and oxygen atoms in total. The third kappa shape index (κ3) is 3.42. The van der Waals surface area contributed by atoms with Crippen LogP contribution >= 0.6 is 0 Å². The summed E-state index contributed by atoms with van der Waals surface area (Å²) in [5, 5.41) is 2.82. The summed E-state index contributed by atoms with van der Waals surface area (Å²) >= 11 is 0. The van der Waals surface area contributed by atoms with Gasteiger partial charge in [0, 0.05) is 0 Å². The van der Waals surface area contributed by atoms with Gasteiger partial charge in [-0.1, -0.05) is 64.1 Å². The van der Waals surface area contributed by atoms with Crippen LogP contribution in [0.3, 0.4) is 0 Å². The quantitative estimate of drug-likeness (QED) is 0.664. The molecule has 0 saturated carbocycles. The van der Waals surface area contributed by atoms with Crippen LogP contribution in [0.1, 0.15) is 63.5 Å². The van der Waals surface area contributed by atoms with Crippen molar-refractivity contribution < 1.29 is 0 Å². The van der Waals surface area contributed by atoms with Gasteiger partial charge in [-0.2, -0.15) is 0 Å². The van der Waals surface area contributed by atoms with E-state index in [-0.39, 0.29) is 29.6 Å². The molecule has 0 amide bonds. The van der Waals surface area contributed by atoms with Crippen LogP contribution in [0.4, 0.5) is 0 Å². The molecule has 2 unspecified atom stereocenters. The fourth-order valence-electron chi connectivity index (χ4n) is 2.72. The Labute approximate surface area is 139 Å². The van der Waals surface area contributed by atoms with Crippen molar-refractivity contribution in [3.05, 3.63) is 47.5 Å². The average Bonchev–Trinajstić information content (AvgIpc) is 2.44. The van der Waals surface area contributed by atoms with E-state index in [2.05, 4.69) is 64.1 Å². The Kier molecular flexibility index (Phi) is 6.59. The third-order valence-corrected chi connectivity index (χ3v) is 4.25. The first-order chi connectivity index (χ1) is 8.69. The predicted octanol–water partition coefficient (Wildman–Crippen LogP) is 5.22. The summed E-state index contributed by atoms with van der Waals surface area (Å²) < 4.78 is 0. The van der Waals surface area contributed by atoms with Gasteiger partial charge in [0.05, 0.1) is 0 Å². The van der Waals surface area contributed by atoms with E-state index in [1.54, 1.807) is 11.1 Å². The fourth-order valence-corrected chi connectivity index (χ4v) is 2.72. The topological polar surface area (TPSA) is 0 Å². The molecule has 0 aliphatic heterocycles. The molecule has 2 aromatic carbocycles. The summed E-state index contributed by atoms with van der Waals surface area (Å²) in [6.45, 7) is 9.26.